The van der Waals surface area contributed by atoms with E-state index in [9.17, 15) is 4.79 Å². The second kappa shape index (κ2) is 6.11. The van der Waals surface area contributed by atoms with Gasteiger partial charge in [-0.3, -0.25) is 4.79 Å². The van der Waals surface area contributed by atoms with E-state index in [2.05, 4.69) is 33.1 Å². The Morgan fingerprint density at radius 3 is 2.85 bits per heavy atom. The molecule has 1 atom stereocenters. The summed E-state index contributed by atoms with van der Waals surface area (Å²) in [5, 5.41) is 3.87. The molecule has 2 rings (SSSR count). The monoisotopic (exact) mass is 355 g/mol. The molecule has 6 heteroatoms. The summed E-state index contributed by atoms with van der Waals surface area (Å²) < 4.78 is 2.00. The number of anilines is 1. The number of nitrogens with two attached hydrogens (primary N) is 1. The molecule has 0 saturated carbocycles. The zero-order valence-electron chi connectivity index (χ0n) is 11.7. The Bertz CT molecular complexity index is 639. The van der Waals surface area contributed by atoms with Gasteiger partial charge in [0.25, 0.3) is 5.91 Å². The number of benzene rings is 1. The van der Waals surface area contributed by atoms with Gasteiger partial charge in [-0.1, -0.05) is 22.0 Å². The van der Waals surface area contributed by atoms with Crippen LogP contribution in [0, 0.1) is 0 Å². The predicted octanol–water partition coefficient (Wildman–Crippen LogP) is 2.93. The Hall–Kier alpha value is -1.11. The number of carbonyl (C=O) groups excluding carboxylic acids is 1. The van der Waals surface area contributed by atoms with Crippen molar-refractivity contribution in [1.82, 2.24) is 10.2 Å². The lowest BCUT2D eigenvalue weighted by Crippen LogP contribution is -2.38. The van der Waals surface area contributed by atoms with Crippen molar-refractivity contribution in [3.63, 3.8) is 0 Å². The van der Waals surface area contributed by atoms with Crippen LogP contribution in [0.4, 0.5) is 5.69 Å². The summed E-state index contributed by atoms with van der Waals surface area (Å²) in [7, 11) is 3.98. The molecule has 0 aliphatic rings. The normalized spacial score (nSPS) is 12.8. The van der Waals surface area contributed by atoms with Crippen LogP contribution in [0.3, 0.4) is 0 Å². The number of hydrogen-bond donors (Lipinski definition) is 2. The highest BCUT2D eigenvalue weighted by atomic mass is 79.9. The Balaban J connectivity index is 2.20. The first kappa shape index (κ1) is 15.3. The SMILES string of the molecule is CC(CNC(=O)c1sc2cc(Br)ccc2c1N)N(C)C. The molecule has 0 aliphatic heterocycles. The zero-order valence-corrected chi connectivity index (χ0v) is 14.1. The van der Waals surface area contributed by atoms with Crippen molar-refractivity contribution in [3.8, 4) is 0 Å². The summed E-state index contributed by atoms with van der Waals surface area (Å²) in [6.45, 7) is 2.66. The van der Waals surface area contributed by atoms with Crippen LogP contribution in [0.25, 0.3) is 10.1 Å². The van der Waals surface area contributed by atoms with Crippen LogP contribution in [-0.2, 0) is 0 Å². The number of likely N-dealkylation sites (N-methyl/N-ethyl adjacent to an activating group) is 1. The van der Waals surface area contributed by atoms with Crippen molar-refractivity contribution in [1.29, 1.82) is 0 Å². The number of halogens is 1. The maximum Gasteiger partial charge on any atom is 0.263 e. The van der Waals surface area contributed by atoms with Crippen molar-refractivity contribution in [2.45, 2.75) is 13.0 Å². The van der Waals surface area contributed by atoms with Crippen LogP contribution < -0.4 is 11.1 Å². The molecular weight excluding hydrogens is 338 g/mol. The fourth-order valence-corrected chi connectivity index (χ4v) is 3.35. The van der Waals surface area contributed by atoms with Crippen molar-refractivity contribution in [3.05, 3.63) is 27.5 Å². The lowest BCUT2D eigenvalue weighted by atomic mass is 10.2. The molecule has 0 fully saturated rings. The summed E-state index contributed by atoms with van der Waals surface area (Å²) in [6.07, 6.45) is 0. The first-order chi connectivity index (χ1) is 9.40. The van der Waals surface area contributed by atoms with E-state index in [4.69, 9.17) is 5.73 Å². The number of thiophene rings is 1. The molecule has 1 heterocycles. The number of amides is 1. The number of carbonyl (C=O) groups is 1. The third-order valence-electron chi connectivity index (χ3n) is 3.34. The minimum atomic E-state index is -0.103. The van der Waals surface area contributed by atoms with Gasteiger partial charge in [-0.2, -0.15) is 0 Å². The molecule has 2 aromatic rings. The van der Waals surface area contributed by atoms with Gasteiger partial charge < -0.3 is 16.0 Å². The molecule has 108 valence electrons. The maximum absolute atomic E-state index is 12.2. The molecule has 0 aliphatic carbocycles. The van der Waals surface area contributed by atoms with E-state index in [1.54, 1.807) is 0 Å². The van der Waals surface area contributed by atoms with Gasteiger partial charge in [0.05, 0.1) is 5.69 Å². The second-order valence-corrected chi connectivity index (χ2v) is 6.98. The van der Waals surface area contributed by atoms with Crippen LogP contribution in [-0.4, -0.2) is 37.5 Å². The lowest BCUT2D eigenvalue weighted by molar-refractivity contribution is 0.0948. The van der Waals surface area contributed by atoms with Crippen molar-refractivity contribution in [2.75, 3.05) is 26.4 Å². The molecule has 4 nitrogen and oxygen atoms in total. The molecule has 1 unspecified atom stereocenters. The highest BCUT2D eigenvalue weighted by molar-refractivity contribution is 9.10. The van der Waals surface area contributed by atoms with Crippen LogP contribution in [0.15, 0.2) is 22.7 Å². The summed E-state index contributed by atoms with van der Waals surface area (Å²) in [6, 6.07) is 6.13. The van der Waals surface area contributed by atoms with E-state index in [1.807, 2.05) is 32.3 Å². The summed E-state index contributed by atoms with van der Waals surface area (Å²) >= 11 is 4.85. The summed E-state index contributed by atoms with van der Waals surface area (Å²) in [5.74, 6) is -0.103. The van der Waals surface area contributed by atoms with E-state index in [-0.39, 0.29) is 11.9 Å². The van der Waals surface area contributed by atoms with Gasteiger partial charge in [-0.25, -0.2) is 0 Å². The number of nitrogens with zero attached hydrogens (tertiary/aromatic N) is 1. The smallest absolute Gasteiger partial charge is 0.263 e. The molecule has 3 N–H and O–H groups in total. The summed E-state index contributed by atoms with van der Waals surface area (Å²) in [4.78, 5) is 14.9. The lowest BCUT2D eigenvalue weighted by Gasteiger charge is -2.19. The Kier molecular flexibility index (Phi) is 4.67. The first-order valence-corrected chi connectivity index (χ1v) is 7.93. The topological polar surface area (TPSA) is 58.4 Å². The fraction of sp³-hybridized carbons (Fsp3) is 0.357. The average molecular weight is 356 g/mol. The highest BCUT2D eigenvalue weighted by Gasteiger charge is 2.17. The van der Waals surface area contributed by atoms with Gasteiger partial charge in [0.15, 0.2) is 0 Å². The van der Waals surface area contributed by atoms with Crippen LogP contribution in [0.5, 0.6) is 0 Å². The second-order valence-electron chi connectivity index (χ2n) is 5.01. The Morgan fingerprint density at radius 2 is 2.20 bits per heavy atom. The van der Waals surface area contributed by atoms with Gasteiger partial charge in [0.2, 0.25) is 0 Å². The molecule has 1 amide bonds. The zero-order chi connectivity index (χ0) is 14.9. The van der Waals surface area contributed by atoms with Crippen LogP contribution >= 0.6 is 27.3 Å². The quantitative estimate of drug-likeness (QED) is 0.886. The first-order valence-electron chi connectivity index (χ1n) is 6.32. The standard InChI is InChI=1S/C14H18BrN3OS/c1-8(18(2)3)7-17-14(19)13-12(16)10-5-4-9(15)6-11(10)20-13/h4-6,8H,7,16H2,1-3H3,(H,17,19). The van der Waals surface area contributed by atoms with E-state index in [1.165, 1.54) is 11.3 Å². The third kappa shape index (κ3) is 3.13. The molecule has 0 radical (unpaired) electrons. The van der Waals surface area contributed by atoms with Gasteiger partial charge in [-0.15, -0.1) is 11.3 Å². The van der Waals surface area contributed by atoms with Crippen LogP contribution in [0.1, 0.15) is 16.6 Å². The number of rotatable bonds is 4. The molecule has 1 aromatic heterocycles. The Morgan fingerprint density at radius 1 is 1.50 bits per heavy atom. The van der Waals surface area contributed by atoms with Crippen molar-refractivity contribution in [2.24, 2.45) is 0 Å². The van der Waals surface area contributed by atoms with Crippen molar-refractivity contribution < 1.29 is 4.79 Å². The van der Waals surface area contributed by atoms with Crippen molar-refractivity contribution >= 4 is 48.9 Å². The molecule has 1 aromatic carbocycles. The largest absolute Gasteiger partial charge is 0.397 e. The van der Waals surface area contributed by atoms with Gasteiger partial charge in [0, 0.05) is 27.1 Å². The minimum Gasteiger partial charge on any atom is -0.397 e. The van der Waals surface area contributed by atoms with E-state index < -0.39 is 0 Å². The van der Waals surface area contributed by atoms with E-state index in [0.29, 0.717) is 17.1 Å². The number of hydrogen-bond acceptors (Lipinski definition) is 4. The summed E-state index contributed by atoms with van der Waals surface area (Å²) in [5.41, 5.74) is 6.64. The minimum absolute atomic E-state index is 0.103. The molecule has 0 saturated heterocycles. The highest BCUT2D eigenvalue weighted by Crippen LogP contribution is 2.35. The van der Waals surface area contributed by atoms with E-state index in [0.717, 1.165) is 14.6 Å². The average Bonchev–Trinajstić information content (AvgIpc) is 2.72. The Labute approximate surface area is 131 Å². The molecule has 20 heavy (non-hydrogen) atoms. The predicted molar refractivity (Wildman–Crippen MR) is 89.4 cm³/mol. The third-order valence-corrected chi connectivity index (χ3v) is 5.00. The van der Waals surface area contributed by atoms with Gasteiger partial charge >= 0.3 is 0 Å². The fourth-order valence-electron chi connectivity index (χ4n) is 1.76. The van der Waals surface area contributed by atoms with Crippen LogP contribution in [0.2, 0.25) is 0 Å². The van der Waals surface area contributed by atoms with E-state index >= 15 is 0 Å². The van der Waals surface area contributed by atoms with Gasteiger partial charge in [-0.05, 0) is 33.2 Å². The molecule has 0 bridgehead atoms. The maximum atomic E-state index is 12.2. The van der Waals surface area contributed by atoms with Gasteiger partial charge in [0.1, 0.15) is 4.88 Å². The molecular formula is C14H18BrN3OS. The number of fused-ring (bicyclic) bond motifs is 1. The number of nitrogens with one attached hydrogen (secondary N) is 1. The number of nitrogen functional groups attached to an aromatic ring is 1. The molecule has 0 spiro atoms.